The van der Waals surface area contributed by atoms with Crippen molar-refractivity contribution in [1.82, 2.24) is 0 Å². The van der Waals surface area contributed by atoms with Crippen LogP contribution in [0.2, 0.25) is 0 Å². The third-order valence-corrected chi connectivity index (χ3v) is 9.75. The average Bonchev–Trinajstić information content (AvgIpc) is 3.47. The fraction of sp³-hybridized carbons (Fsp3) is 0.710. The molecule has 3 saturated carbocycles. The molecule has 0 radical (unpaired) electrons. The molecule has 1 aromatic carbocycles. The maximum Gasteiger partial charge on any atom is 0.312 e. The maximum absolute atomic E-state index is 13.9. The van der Waals surface area contributed by atoms with Gasteiger partial charge in [0.25, 0.3) is 0 Å². The molecule has 36 heavy (non-hydrogen) atoms. The standard InChI is InChI=1S/C31H44O5/c1-5-15-31-26-18-23(14-16-30(31,4)29(34)35-20-24-10-7-6-8-11-24)12-9-13-25(36-22(3)32)17-21(2)28(33)19-27(26)31/h6-8,10-11,21,23,25-27H,5,9,12-20H2,1-4H3/t21-,23-,25+,26?,27?,30?,31+/m0/s1. The minimum atomic E-state index is -0.574. The summed E-state index contributed by atoms with van der Waals surface area (Å²) < 4.78 is 11.6. The van der Waals surface area contributed by atoms with Crippen molar-refractivity contribution < 1.29 is 23.9 Å². The molecule has 198 valence electrons. The number of Topliss-reactive ketones (excluding diaryl/α,β-unsaturated/α-hetero) is 1. The predicted molar refractivity (Wildman–Crippen MR) is 139 cm³/mol. The summed E-state index contributed by atoms with van der Waals surface area (Å²) >= 11 is 0. The number of ketones is 1. The topological polar surface area (TPSA) is 69.7 Å². The monoisotopic (exact) mass is 496 g/mol. The number of carbonyl (C=O) groups is 3. The normalized spacial score (nSPS) is 36.6. The molecule has 0 aromatic heterocycles. The molecule has 5 nitrogen and oxygen atoms in total. The molecule has 0 N–H and O–H groups in total. The van der Waals surface area contributed by atoms with E-state index in [1.807, 2.05) is 37.3 Å². The van der Waals surface area contributed by atoms with Crippen LogP contribution in [0.25, 0.3) is 0 Å². The van der Waals surface area contributed by atoms with Gasteiger partial charge >= 0.3 is 11.9 Å². The zero-order chi connectivity index (χ0) is 25.9. The van der Waals surface area contributed by atoms with Crippen LogP contribution in [0.15, 0.2) is 30.3 Å². The lowest BCUT2D eigenvalue weighted by Gasteiger charge is -2.38. The van der Waals surface area contributed by atoms with Gasteiger partial charge in [-0.15, -0.1) is 0 Å². The Balaban J connectivity index is 1.59. The van der Waals surface area contributed by atoms with Gasteiger partial charge in [0.05, 0.1) is 5.41 Å². The highest BCUT2D eigenvalue weighted by atomic mass is 16.5. The van der Waals surface area contributed by atoms with E-state index in [1.54, 1.807) is 0 Å². The molecule has 7 atom stereocenters. The fourth-order valence-corrected chi connectivity index (χ4v) is 7.86. The molecule has 0 heterocycles. The largest absolute Gasteiger partial charge is 0.463 e. The second kappa shape index (κ2) is 11.1. The Labute approximate surface area is 216 Å². The van der Waals surface area contributed by atoms with Crippen molar-refractivity contribution in [2.75, 3.05) is 0 Å². The summed E-state index contributed by atoms with van der Waals surface area (Å²) in [6, 6.07) is 9.88. The number of esters is 2. The van der Waals surface area contributed by atoms with Crippen LogP contribution in [0.1, 0.15) is 97.5 Å². The van der Waals surface area contributed by atoms with Gasteiger partial charge < -0.3 is 9.47 Å². The minimum Gasteiger partial charge on any atom is -0.463 e. The summed E-state index contributed by atoms with van der Waals surface area (Å²) in [7, 11) is 0. The van der Waals surface area contributed by atoms with Crippen LogP contribution in [0, 0.1) is 34.5 Å². The van der Waals surface area contributed by atoms with E-state index in [2.05, 4.69) is 13.8 Å². The Morgan fingerprint density at radius 1 is 1.06 bits per heavy atom. The minimum absolute atomic E-state index is 0.0875. The highest BCUT2D eigenvalue weighted by Gasteiger charge is 2.74. The summed E-state index contributed by atoms with van der Waals surface area (Å²) in [5.74, 6) is 0.913. The Kier molecular flexibility index (Phi) is 8.26. The third-order valence-electron chi connectivity index (χ3n) is 9.75. The van der Waals surface area contributed by atoms with E-state index in [9.17, 15) is 14.4 Å². The van der Waals surface area contributed by atoms with E-state index in [-0.39, 0.29) is 41.1 Å². The molecule has 0 amide bonds. The molecule has 1 aromatic rings. The van der Waals surface area contributed by atoms with Crippen molar-refractivity contribution in [3.05, 3.63) is 35.9 Å². The Hall–Kier alpha value is -2.17. The highest BCUT2D eigenvalue weighted by Crippen LogP contribution is 2.76. The number of hydrogen-bond donors (Lipinski definition) is 0. The van der Waals surface area contributed by atoms with Crippen molar-refractivity contribution in [3.8, 4) is 0 Å². The van der Waals surface area contributed by atoms with Crippen LogP contribution in [0.4, 0.5) is 0 Å². The van der Waals surface area contributed by atoms with Crippen molar-refractivity contribution in [2.45, 2.75) is 105 Å². The number of rotatable bonds is 6. The van der Waals surface area contributed by atoms with Gasteiger partial charge in [0.1, 0.15) is 18.5 Å². The van der Waals surface area contributed by atoms with Crippen LogP contribution in [0.3, 0.4) is 0 Å². The number of hydrogen-bond acceptors (Lipinski definition) is 5. The predicted octanol–water partition coefficient (Wildman–Crippen LogP) is 6.67. The lowest BCUT2D eigenvalue weighted by Crippen LogP contribution is -2.41. The van der Waals surface area contributed by atoms with Gasteiger partial charge in [-0.2, -0.15) is 0 Å². The Morgan fingerprint density at radius 2 is 1.81 bits per heavy atom. The molecular weight excluding hydrogens is 452 g/mol. The van der Waals surface area contributed by atoms with Gasteiger partial charge in [-0.25, -0.2) is 0 Å². The molecule has 3 unspecified atom stereocenters. The van der Waals surface area contributed by atoms with Gasteiger partial charge in [0.15, 0.2) is 0 Å². The van der Waals surface area contributed by atoms with Crippen LogP contribution in [-0.2, 0) is 30.5 Å². The first-order chi connectivity index (χ1) is 17.2. The van der Waals surface area contributed by atoms with Crippen molar-refractivity contribution >= 4 is 17.7 Å². The molecule has 3 aliphatic carbocycles. The Bertz CT molecular complexity index is 942. The average molecular weight is 497 g/mol. The van der Waals surface area contributed by atoms with Gasteiger partial charge in [-0.05, 0) is 80.6 Å². The van der Waals surface area contributed by atoms with Gasteiger partial charge in [-0.3, -0.25) is 14.4 Å². The van der Waals surface area contributed by atoms with Crippen molar-refractivity contribution in [2.24, 2.45) is 34.5 Å². The van der Waals surface area contributed by atoms with Gasteiger partial charge in [-0.1, -0.05) is 57.0 Å². The van der Waals surface area contributed by atoms with Crippen molar-refractivity contribution in [3.63, 3.8) is 0 Å². The third kappa shape index (κ3) is 5.26. The number of carbonyl (C=O) groups excluding carboxylic acids is 3. The number of ether oxygens (including phenoxy) is 2. The summed E-state index contributed by atoms with van der Waals surface area (Å²) in [5, 5.41) is 0. The highest BCUT2D eigenvalue weighted by molar-refractivity contribution is 5.83. The molecule has 3 fully saturated rings. The van der Waals surface area contributed by atoms with E-state index >= 15 is 0 Å². The quantitative estimate of drug-likeness (QED) is 0.411. The van der Waals surface area contributed by atoms with Gasteiger partial charge in [0.2, 0.25) is 0 Å². The summed E-state index contributed by atoms with van der Waals surface area (Å²) in [5.41, 5.74) is 0.265. The smallest absolute Gasteiger partial charge is 0.312 e. The molecule has 5 heteroatoms. The molecule has 0 saturated heterocycles. The van der Waals surface area contributed by atoms with E-state index in [0.717, 1.165) is 56.9 Å². The lowest BCUT2D eigenvalue weighted by atomic mass is 9.66. The first kappa shape index (κ1) is 26.9. The SMILES string of the molecule is CCC[C@@]12C3CC(=O)[C@@H](C)C[C@H](OC(C)=O)CCC[C@@H](CCC1(C)C(=O)OCc1ccccc1)CC32. The fourth-order valence-electron chi connectivity index (χ4n) is 7.86. The summed E-state index contributed by atoms with van der Waals surface area (Å²) in [6.07, 6.45) is 8.68. The van der Waals surface area contributed by atoms with E-state index in [0.29, 0.717) is 31.3 Å². The molecule has 0 spiro atoms. The van der Waals surface area contributed by atoms with Gasteiger partial charge in [0, 0.05) is 19.3 Å². The van der Waals surface area contributed by atoms with Crippen LogP contribution >= 0.6 is 0 Å². The Morgan fingerprint density at radius 3 is 2.50 bits per heavy atom. The summed E-state index contributed by atoms with van der Waals surface area (Å²) in [6.45, 7) is 8.06. The van der Waals surface area contributed by atoms with E-state index < -0.39 is 5.41 Å². The zero-order valence-electron chi connectivity index (χ0n) is 22.6. The number of benzene rings is 1. The maximum atomic E-state index is 13.9. The molecule has 3 aliphatic rings. The second-order valence-electron chi connectivity index (χ2n) is 12.0. The van der Waals surface area contributed by atoms with E-state index in [4.69, 9.17) is 9.47 Å². The summed E-state index contributed by atoms with van der Waals surface area (Å²) in [4.78, 5) is 38.9. The molecule has 0 aliphatic heterocycles. The second-order valence-corrected chi connectivity index (χ2v) is 12.0. The first-order valence-electron chi connectivity index (χ1n) is 14.1. The van der Waals surface area contributed by atoms with Crippen LogP contribution in [-0.4, -0.2) is 23.8 Å². The zero-order valence-corrected chi connectivity index (χ0v) is 22.6. The lowest BCUT2D eigenvalue weighted by molar-refractivity contribution is -0.163. The van der Waals surface area contributed by atoms with Crippen LogP contribution in [0.5, 0.6) is 0 Å². The van der Waals surface area contributed by atoms with E-state index in [1.165, 1.54) is 6.92 Å². The van der Waals surface area contributed by atoms with Crippen molar-refractivity contribution in [1.29, 1.82) is 0 Å². The number of fused-ring (bicyclic) bond motifs is 2. The molecule has 2 bridgehead atoms. The molecule has 4 rings (SSSR count). The molecular formula is C31H44O5. The first-order valence-corrected chi connectivity index (χ1v) is 14.1. The van der Waals surface area contributed by atoms with Crippen LogP contribution < -0.4 is 0 Å².